The summed E-state index contributed by atoms with van der Waals surface area (Å²) in [4.78, 5) is 7.80. The van der Waals surface area contributed by atoms with Gasteiger partial charge in [-0.1, -0.05) is 546 Å². The predicted molar refractivity (Wildman–Crippen MR) is 631 cm³/mol. The molecule has 0 atom stereocenters. The number of benzene rings is 23. The number of para-hydroxylation sites is 2. The van der Waals surface area contributed by atoms with Crippen molar-refractivity contribution >= 4 is 190 Å². The highest BCUT2D eigenvalue weighted by atomic mass is 28.3. The van der Waals surface area contributed by atoms with Crippen molar-refractivity contribution in [1.82, 2.24) is 0 Å². The van der Waals surface area contributed by atoms with Crippen LogP contribution >= 0.6 is 0 Å². The van der Waals surface area contributed by atoms with E-state index in [2.05, 4.69) is 633 Å². The summed E-state index contributed by atoms with van der Waals surface area (Å²) >= 11 is 0. The van der Waals surface area contributed by atoms with Gasteiger partial charge in [0.1, 0.15) is 0 Å². The van der Waals surface area contributed by atoms with Crippen LogP contribution in [0.25, 0.3) is 44.5 Å². The first-order valence-electron chi connectivity index (χ1n) is 50.7. The Labute approximate surface area is 860 Å². The molecule has 23 aromatic rings. The standard InChI is InChI=1S/C138H102BN3Si4/c1-15-55-111(56-16-1)140(112-57-17-2-18-58-112)115-101-136-138-137(102-115)142(114-60-44-50-104(94-114)106-52-46-86-129(96-106)144(119-67-25-6-26-68-119,120-69-27-7-28-70-120)121-71-29-8-30-72-121)135-100-110(108-54-48-88-131(98-108)146(125-79-37-12-38-80-125,126-81-39-13-40-82-126)127-83-41-14-42-84-127)90-92-133(135)139(138)132-91-89-109(107-53-47-87-130(97-107)145(122-73-31-9-32-74-122,123-75-33-10-34-76-123)124-77-35-11-36-78-124)99-134(132)141(136)113-59-43-49-103(93-113)105-51-45-85-128(95-105)143(116-61-19-3-20-62-116,117-63-21-4-22-64-117)118-65-23-5-24-66-118/h1-102H. The molecule has 25 rings (SSSR count). The number of fused-ring (bicyclic) bond motifs is 4. The average Bonchev–Trinajstić information content (AvgIpc) is 0.688. The molecule has 0 amide bonds. The molecule has 8 heteroatoms. The van der Waals surface area contributed by atoms with Gasteiger partial charge in [-0.3, -0.25) is 0 Å². The Morgan fingerprint density at radius 1 is 0.137 bits per heavy atom. The minimum atomic E-state index is -3.06. The van der Waals surface area contributed by atoms with E-state index in [4.69, 9.17) is 0 Å². The normalized spacial score (nSPS) is 12.2. The summed E-state index contributed by atoms with van der Waals surface area (Å²) in [6.07, 6.45) is 0. The zero-order chi connectivity index (χ0) is 97.2. The molecule has 0 bridgehead atoms. The molecular weight excluding hydrogens is 1820 g/mol. The molecule has 23 aromatic carbocycles. The molecule has 688 valence electrons. The fraction of sp³-hybridized carbons (Fsp3) is 0. The lowest BCUT2D eigenvalue weighted by Crippen LogP contribution is -2.74. The van der Waals surface area contributed by atoms with Crippen LogP contribution in [0.5, 0.6) is 0 Å². The van der Waals surface area contributed by atoms with Gasteiger partial charge >= 0.3 is 0 Å². The van der Waals surface area contributed by atoms with Gasteiger partial charge in [0, 0.05) is 45.5 Å². The van der Waals surface area contributed by atoms with Crippen LogP contribution in [0, 0.1) is 0 Å². The quantitative estimate of drug-likeness (QED) is 0.0417. The number of hydrogen-bond acceptors (Lipinski definition) is 3. The molecular formula is C138H102BN3Si4. The van der Waals surface area contributed by atoms with E-state index in [-0.39, 0.29) is 6.71 Å². The number of nitrogens with zero attached hydrogens (tertiary/aromatic N) is 3. The molecule has 2 aliphatic rings. The first-order chi connectivity index (χ1) is 72.4. The van der Waals surface area contributed by atoms with Crippen molar-refractivity contribution in [3.8, 4) is 44.5 Å². The number of anilines is 9. The molecule has 0 N–H and O–H groups in total. The molecule has 0 fully saturated rings. The van der Waals surface area contributed by atoms with E-state index < -0.39 is 32.3 Å². The van der Waals surface area contributed by atoms with Gasteiger partial charge in [0.25, 0.3) is 6.71 Å². The molecule has 2 heterocycles. The first kappa shape index (κ1) is 89.7. The van der Waals surface area contributed by atoms with Crippen molar-refractivity contribution in [3.63, 3.8) is 0 Å². The second-order valence-corrected chi connectivity index (χ2v) is 53.6. The lowest BCUT2D eigenvalue weighted by molar-refractivity contribution is 1.23. The van der Waals surface area contributed by atoms with E-state index in [1.807, 2.05) is 0 Å². The Morgan fingerprint density at radius 3 is 0.541 bits per heavy atom. The van der Waals surface area contributed by atoms with Gasteiger partial charge in [-0.15, -0.1) is 0 Å². The van der Waals surface area contributed by atoms with Crippen molar-refractivity contribution in [3.05, 3.63) is 619 Å². The van der Waals surface area contributed by atoms with Crippen molar-refractivity contribution < 1.29 is 0 Å². The summed E-state index contributed by atoms with van der Waals surface area (Å²) in [7, 11) is -12.2. The fourth-order valence-electron chi connectivity index (χ4n) is 24.3. The zero-order valence-corrected chi connectivity index (χ0v) is 84.8. The maximum atomic E-state index is 2.66. The molecule has 0 spiro atoms. The molecule has 146 heavy (non-hydrogen) atoms. The number of rotatable bonds is 25. The van der Waals surface area contributed by atoms with Gasteiger partial charge in [-0.25, -0.2) is 0 Å². The highest BCUT2D eigenvalue weighted by Gasteiger charge is 2.49. The first-order valence-corrected chi connectivity index (χ1v) is 58.7. The Balaban J connectivity index is 0.765. The van der Waals surface area contributed by atoms with Gasteiger partial charge in [0.15, 0.2) is 32.3 Å². The second kappa shape index (κ2) is 39.0. The van der Waals surface area contributed by atoms with E-state index in [1.54, 1.807) is 0 Å². The van der Waals surface area contributed by atoms with E-state index >= 15 is 0 Å². The van der Waals surface area contributed by atoms with E-state index in [9.17, 15) is 0 Å². The minimum Gasteiger partial charge on any atom is -0.311 e. The zero-order valence-electron chi connectivity index (χ0n) is 80.8. The van der Waals surface area contributed by atoms with Crippen LogP contribution < -0.4 is 114 Å². The van der Waals surface area contributed by atoms with Gasteiger partial charge in [-0.2, -0.15) is 0 Å². The Morgan fingerprint density at radius 2 is 0.322 bits per heavy atom. The molecule has 0 unspecified atom stereocenters. The van der Waals surface area contributed by atoms with Crippen LogP contribution in [-0.4, -0.2) is 39.0 Å². The van der Waals surface area contributed by atoms with Gasteiger partial charge < -0.3 is 14.7 Å². The molecule has 2 aliphatic heterocycles. The van der Waals surface area contributed by atoms with Crippen LogP contribution in [0.1, 0.15) is 0 Å². The smallest absolute Gasteiger partial charge is 0.252 e. The van der Waals surface area contributed by atoms with E-state index in [1.165, 1.54) is 99.4 Å². The Bertz CT molecular complexity index is 7700. The van der Waals surface area contributed by atoms with E-state index in [0.717, 1.165) is 95.7 Å². The van der Waals surface area contributed by atoms with Crippen molar-refractivity contribution in [2.45, 2.75) is 0 Å². The lowest BCUT2D eigenvalue weighted by Gasteiger charge is -2.45. The van der Waals surface area contributed by atoms with Crippen LogP contribution in [0.2, 0.25) is 0 Å². The largest absolute Gasteiger partial charge is 0.311 e. The fourth-order valence-corrected chi connectivity index (χ4v) is 43.4. The van der Waals surface area contributed by atoms with Crippen LogP contribution in [0.3, 0.4) is 0 Å². The topological polar surface area (TPSA) is 9.72 Å². The SMILES string of the molecule is c1ccc(N(c2ccccc2)c2cc3c4c(c2)N(c2cccc(-c5cccc([Si](c6ccccc6)(c6ccccc6)c6ccccc6)c5)c2)c2cc(-c5cccc([Si](c6ccccc6)(c6ccccc6)c6ccccc6)c5)ccc2B4c2ccc(-c4cccc([Si](c5ccccc5)(c5ccccc5)c5ccccc5)c4)cc2N3c2cccc(-c3cccc([Si](c4ccccc4)(c4ccccc4)c4ccccc4)c3)c2)cc1. The van der Waals surface area contributed by atoms with E-state index in [0.29, 0.717) is 0 Å². The lowest BCUT2D eigenvalue weighted by atomic mass is 9.33. The monoisotopic (exact) mass is 1920 g/mol. The molecule has 0 saturated carbocycles. The molecule has 0 saturated heterocycles. The third-order valence-electron chi connectivity index (χ3n) is 30.5. The maximum Gasteiger partial charge on any atom is 0.252 e. The minimum absolute atomic E-state index is 0.323. The third-order valence-corrected chi connectivity index (χ3v) is 49.6. The highest BCUT2D eigenvalue weighted by Crippen LogP contribution is 2.50. The summed E-state index contributed by atoms with van der Waals surface area (Å²) in [5.41, 5.74) is 22.0. The van der Waals surface area contributed by atoms with Crippen LogP contribution in [-0.2, 0) is 0 Å². The maximum absolute atomic E-state index is 3.06. The summed E-state index contributed by atoms with van der Waals surface area (Å²) in [6, 6.07) is 236. The summed E-state index contributed by atoms with van der Waals surface area (Å²) in [5.74, 6) is 0. The molecule has 3 nitrogen and oxygen atoms in total. The number of hydrogen-bond donors (Lipinski definition) is 0. The molecule has 0 aliphatic carbocycles. The van der Waals surface area contributed by atoms with Gasteiger partial charge in [0.2, 0.25) is 0 Å². The Kier molecular flexibility index (Phi) is 24.0. The molecule has 0 radical (unpaired) electrons. The van der Waals surface area contributed by atoms with Gasteiger partial charge in [0.05, 0.1) is 5.69 Å². The average molecular weight is 1930 g/mol. The summed E-state index contributed by atoms with van der Waals surface area (Å²) in [5, 5.41) is 21.1. The molecule has 0 aromatic heterocycles. The van der Waals surface area contributed by atoms with Crippen LogP contribution in [0.4, 0.5) is 51.2 Å². The highest BCUT2D eigenvalue weighted by molar-refractivity contribution is 7.22. The third kappa shape index (κ3) is 15.6. The predicted octanol–water partition coefficient (Wildman–Crippen LogP) is 21.4. The Hall–Kier alpha value is -17.6. The van der Waals surface area contributed by atoms with Gasteiger partial charge in [-0.05, 0) is 217 Å². The summed E-state index contributed by atoms with van der Waals surface area (Å²) in [6.45, 7) is -0.323. The van der Waals surface area contributed by atoms with Crippen molar-refractivity contribution in [2.24, 2.45) is 0 Å². The van der Waals surface area contributed by atoms with Crippen molar-refractivity contribution in [1.29, 1.82) is 0 Å². The summed E-state index contributed by atoms with van der Waals surface area (Å²) < 4.78 is 0. The van der Waals surface area contributed by atoms with Crippen molar-refractivity contribution in [2.75, 3.05) is 14.7 Å². The second-order valence-electron chi connectivity index (χ2n) is 38.4. The van der Waals surface area contributed by atoms with Crippen LogP contribution in [0.15, 0.2) is 619 Å².